The number of nitrogens with zero attached hydrogens (tertiary/aromatic N) is 2. The van der Waals surface area contributed by atoms with Crippen LogP contribution >= 0.6 is 0 Å². The Hall–Kier alpha value is -1.73. The first-order valence-corrected chi connectivity index (χ1v) is 7.27. The Labute approximate surface area is 127 Å². The molecule has 4 heteroatoms. The highest BCUT2D eigenvalue weighted by molar-refractivity contribution is 5.44. The van der Waals surface area contributed by atoms with Gasteiger partial charge in [0, 0.05) is 30.1 Å². The smallest absolute Gasteiger partial charge is 0.122 e. The van der Waals surface area contributed by atoms with Crippen LogP contribution in [0.15, 0.2) is 18.2 Å². The van der Waals surface area contributed by atoms with E-state index in [4.69, 9.17) is 9.47 Å². The SMILES string of the molecule is COc1ccc(OC)c([C@@H]2CN(C(C)(C)C)C[C@H]2C#N)c1. The Balaban J connectivity index is 2.38. The summed E-state index contributed by atoms with van der Waals surface area (Å²) in [4.78, 5) is 2.37. The lowest BCUT2D eigenvalue weighted by Crippen LogP contribution is -2.39. The first-order valence-electron chi connectivity index (χ1n) is 7.27. The fourth-order valence-corrected chi connectivity index (χ4v) is 2.93. The highest BCUT2D eigenvalue weighted by Crippen LogP contribution is 2.40. The summed E-state index contributed by atoms with van der Waals surface area (Å²) in [5.41, 5.74) is 1.13. The van der Waals surface area contributed by atoms with Crippen LogP contribution in [0, 0.1) is 17.2 Å². The Morgan fingerprint density at radius 1 is 1.19 bits per heavy atom. The number of benzene rings is 1. The molecule has 1 aliphatic rings. The van der Waals surface area contributed by atoms with Crippen molar-refractivity contribution in [2.45, 2.75) is 32.2 Å². The van der Waals surface area contributed by atoms with Crippen LogP contribution in [-0.2, 0) is 0 Å². The molecule has 1 heterocycles. The normalized spacial score (nSPS) is 22.9. The minimum atomic E-state index is -0.0229. The number of likely N-dealkylation sites (tertiary alicyclic amines) is 1. The monoisotopic (exact) mass is 288 g/mol. The van der Waals surface area contributed by atoms with Crippen molar-refractivity contribution in [3.8, 4) is 17.6 Å². The Morgan fingerprint density at radius 2 is 1.90 bits per heavy atom. The van der Waals surface area contributed by atoms with Gasteiger partial charge in [-0.2, -0.15) is 5.26 Å². The molecule has 0 saturated carbocycles. The molecule has 21 heavy (non-hydrogen) atoms. The second-order valence-corrected chi connectivity index (χ2v) is 6.53. The topological polar surface area (TPSA) is 45.5 Å². The summed E-state index contributed by atoms with van der Waals surface area (Å²) >= 11 is 0. The summed E-state index contributed by atoms with van der Waals surface area (Å²) in [6, 6.07) is 8.27. The molecule has 1 aromatic rings. The first-order chi connectivity index (χ1) is 9.90. The zero-order valence-corrected chi connectivity index (χ0v) is 13.5. The molecule has 0 amide bonds. The highest BCUT2D eigenvalue weighted by Gasteiger charge is 2.39. The number of hydrogen-bond acceptors (Lipinski definition) is 4. The number of hydrogen-bond donors (Lipinski definition) is 0. The molecule has 1 saturated heterocycles. The molecule has 1 aliphatic heterocycles. The molecule has 1 aromatic carbocycles. The minimum absolute atomic E-state index is 0.0229. The lowest BCUT2D eigenvalue weighted by atomic mass is 9.89. The molecule has 114 valence electrons. The summed E-state index contributed by atoms with van der Waals surface area (Å²) in [5, 5.41) is 9.52. The van der Waals surface area contributed by atoms with E-state index in [1.54, 1.807) is 14.2 Å². The van der Waals surface area contributed by atoms with Gasteiger partial charge in [-0.3, -0.25) is 4.90 Å². The summed E-state index contributed by atoms with van der Waals surface area (Å²) in [6.07, 6.45) is 0. The van der Waals surface area contributed by atoms with Crippen molar-refractivity contribution in [1.29, 1.82) is 5.26 Å². The van der Waals surface area contributed by atoms with E-state index in [-0.39, 0.29) is 17.4 Å². The zero-order chi connectivity index (χ0) is 15.6. The van der Waals surface area contributed by atoms with Crippen LogP contribution in [0.2, 0.25) is 0 Å². The van der Waals surface area contributed by atoms with Crippen LogP contribution in [0.25, 0.3) is 0 Å². The molecule has 4 nitrogen and oxygen atoms in total. The van der Waals surface area contributed by atoms with Gasteiger partial charge in [0.25, 0.3) is 0 Å². The van der Waals surface area contributed by atoms with E-state index < -0.39 is 0 Å². The molecule has 0 spiro atoms. The quantitative estimate of drug-likeness (QED) is 0.857. The molecule has 1 fully saturated rings. The van der Waals surface area contributed by atoms with E-state index in [1.807, 2.05) is 18.2 Å². The molecule has 0 aliphatic carbocycles. The first kappa shape index (κ1) is 15.7. The fourth-order valence-electron chi connectivity index (χ4n) is 2.93. The summed E-state index contributed by atoms with van der Waals surface area (Å²) in [5.74, 6) is 1.76. The maximum Gasteiger partial charge on any atom is 0.122 e. The lowest BCUT2D eigenvalue weighted by molar-refractivity contribution is 0.170. The molecular weight excluding hydrogens is 264 g/mol. The third-order valence-corrected chi connectivity index (χ3v) is 4.27. The van der Waals surface area contributed by atoms with Crippen LogP contribution in [-0.4, -0.2) is 37.7 Å². The van der Waals surface area contributed by atoms with Gasteiger partial charge in [0.15, 0.2) is 0 Å². The van der Waals surface area contributed by atoms with E-state index in [2.05, 4.69) is 31.7 Å². The van der Waals surface area contributed by atoms with Crippen LogP contribution in [0.3, 0.4) is 0 Å². The highest BCUT2D eigenvalue weighted by atomic mass is 16.5. The van der Waals surface area contributed by atoms with E-state index in [0.717, 1.165) is 30.2 Å². The predicted molar refractivity (Wildman–Crippen MR) is 82.7 cm³/mol. The van der Waals surface area contributed by atoms with Gasteiger partial charge in [-0.15, -0.1) is 0 Å². The number of ether oxygens (including phenoxy) is 2. The molecule has 0 unspecified atom stereocenters. The fraction of sp³-hybridized carbons (Fsp3) is 0.588. The largest absolute Gasteiger partial charge is 0.497 e. The zero-order valence-electron chi connectivity index (χ0n) is 13.5. The lowest BCUT2D eigenvalue weighted by Gasteiger charge is -2.31. The molecule has 0 bridgehead atoms. The molecule has 0 N–H and O–H groups in total. The summed E-state index contributed by atoms with van der Waals surface area (Å²) < 4.78 is 10.8. The van der Waals surface area contributed by atoms with E-state index in [0.29, 0.717) is 0 Å². The van der Waals surface area contributed by atoms with Gasteiger partial charge < -0.3 is 9.47 Å². The average Bonchev–Trinajstić information content (AvgIpc) is 2.90. The van der Waals surface area contributed by atoms with Crippen LogP contribution < -0.4 is 9.47 Å². The van der Waals surface area contributed by atoms with Gasteiger partial charge in [-0.1, -0.05) is 0 Å². The van der Waals surface area contributed by atoms with Crippen molar-refractivity contribution >= 4 is 0 Å². The predicted octanol–water partition coefficient (Wildman–Crippen LogP) is 3.04. The van der Waals surface area contributed by atoms with Crippen LogP contribution in [0.5, 0.6) is 11.5 Å². The van der Waals surface area contributed by atoms with Crippen LogP contribution in [0.4, 0.5) is 0 Å². The van der Waals surface area contributed by atoms with Gasteiger partial charge in [0.05, 0.1) is 26.2 Å². The van der Waals surface area contributed by atoms with Crippen molar-refractivity contribution in [2.75, 3.05) is 27.3 Å². The standard InChI is InChI=1S/C17H24N2O2/c1-17(2,3)19-10-12(9-18)15(11-19)14-8-13(20-4)6-7-16(14)21-5/h6-8,12,15H,10-11H2,1-5H3/t12-,15-/m1/s1. The van der Waals surface area contributed by atoms with Crippen LogP contribution in [0.1, 0.15) is 32.3 Å². The Morgan fingerprint density at radius 3 is 2.43 bits per heavy atom. The molecule has 0 aromatic heterocycles. The molecule has 0 radical (unpaired) electrons. The summed E-state index contributed by atoms with van der Waals surface area (Å²) in [6.45, 7) is 8.22. The third-order valence-electron chi connectivity index (χ3n) is 4.27. The number of nitriles is 1. The van der Waals surface area contributed by atoms with Gasteiger partial charge in [-0.05, 0) is 39.0 Å². The summed E-state index contributed by atoms with van der Waals surface area (Å²) in [7, 11) is 3.33. The minimum Gasteiger partial charge on any atom is -0.497 e. The van der Waals surface area contributed by atoms with E-state index in [9.17, 15) is 5.26 Å². The third kappa shape index (κ3) is 3.14. The van der Waals surface area contributed by atoms with Gasteiger partial charge >= 0.3 is 0 Å². The van der Waals surface area contributed by atoms with Gasteiger partial charge in [0.2, 0.25) is 0 Å². The number of rotatable bonds is 3. The van der Waals surface area contributed by atoms with Crippen molar-refractivity contribution in [3.05, 3.63) is 23.8 Å². The van der Waals surface area contributed by atoms with Gasteiger partial charge in [-0.25, -0.2) is 0 Å². The Kier molecular flexibility index (Phi) is 4.43. The molecule has 2 atom stereocenters. The van der Waals surface area contributed by atoms with Crippen molar-refractivity contribution in [1.82, 2.24) is 4.90 Å². The molecular formula is C17H24N2O2. The molecule has 2 rings (SSSR count). The second kappa shape index (κ2) is 5.95. The van der Waals surface area contributed by atoms with E-state index >= 15 is 0 Å². The average molecular weight is 288 g/mol. The Bertz CT molecular complexity index is 543. The van der Waals surface area contributed by atoms with Crippen molar-refractivity contribution < 1.29 is 9.47 Å². The maximum atomic E-state index is 9.52. The van der Waals surface area contributed by atoms with Crippen molar-refractivity contribution in [3.63, 3.8) is 0 Å². The van der Waals surface area contributed by atoms with Gasteiger partial charge in [0.1, 0.15) is 11.5 Å². The van der Waals surface area contributed by atoms with E-state index in [1.165, 1.54) is 0 Å². The second-order valence-electron chi connectivity index (χ2n) is 6.53. The van der Waals surface area contributed by atoms with Crippen molar-refractivity contribution in [2.24, 2.45) is 5.92 Å². The maximum absolute atomic E-state index is 9.52. The number of methoxy groups -OCH3 is 2.